The molecule has 1 N–H and O–H groups in total. The van der Waals surface area contributed by atoms with Crippen LogP contribution in [0.3, 0.4) is 0 Å². The van der Waals surface area contributed by atoms with Gasteiger partial charge in [0.05, 0.1) is 11.9 Å². The summed E-state index contributed by atoms with van der Waals surface area (Å²) in [4.78, 5) is 14.9. The summed E-state index contributed by atoms with van der Waals surface area (Å²) in [5.74, 6) is 0. The smallest absolute Gasteiger partial charge is 0.150 e. The topological polar surface area (TPSA) is 42.0 Å². The van der Waals surface area contributed by atoms with E-state index in [9.17, 15) is 4.79 Å². The molecule has 1 heterocycles. The predicted octanol–water partition coefficient (Wildman–Crippen LogP) is 4.30. The van der Waals surface area contributed by atoms with Gasteiger partial charge in [-0.3, -0.25) is 9.78 Å². The van der Waals surface area contributed by atoms with E-state index in [4.69, 9.17) is 0 Å². The zero-order chi connectivity index (χ0) is 14.5. The Kier molecular flexibility index (Phi) is 3.74. The second kappa shape index (κ2) is 6.01. The lowest BCUT2D eigenvalue weighted by atomic mass is 10.0. The molecule has 0 aliphatic carbocycles. The molecular weight excluding hydrogens is 260 g/mol. The van der Waals surface area contributed by atoms with Gasteiger partial charge in [0.1, 0.15) is 6.29 Å². The third-order valence-electron chi connectivity index (χ3n) is 3.23. The number of rotatable bonds is 4. The first-order valence-corrected chi connectivity index (χ1v) is 6.68. The van der Waals surface area contributed by atoms with E-state index in [1.54, 1.807) is 12.4 Å². The number of aldehydes is 1. The van der Waals surface area contributed by atoms with Gasteiger partial charge in [-0.1, -0.05) is 42.5 Å². The molecule has 102 valence electrons. The van der Waals surface area contributed by atoms with Crippen molar-refractivity contribution < 1.29 is 4.79 Å². The SMILES string of the molecule is O=Cc1ccc(-c2ccncc2Nc2ccccc2)cc1. The average molecular weight is 274 g/mol. The number of carbonyl (C=O) groups is 1. The zero-order valence-electron chi connectivity index (χ0n) is 11.4. The summed E-state index contributed by atoms with van der Waals surface area (Å²) < 4.78 is 0. The second-order valence-electron chi connectivity index (χ2n) is 4.65. The first-order valence-electron chi connectivity index (χ1n) is 6.68. The van der Waals surface area contributed by atoms with E-state index in [-0.39, 0.29) is 0 Å². The van der Waals surface area contributed by atoms with Crippen molar-refractivity contribution in [3.8, 4) is 11.1 Å². The van der Waals surface area contributed by atoms with Crippen LogP contribution in [-0.4, -0.2) is 11.3 Å². The van der Waals surface area contributed by atoms with Crippen LogP contribution in [0.1, 0.15) is 10.4 Å². The van der Waals surface area contributed by atoms with Crippen molar-refractivity contribution in [2.24, 2.45) is 0 Å². The van der Waals surface area contributed by atoms with Gasteiger partial charge >= 0.3 is 0 Å². The van der Waals surface area contributed by atoms with Crippen LogP contribution >= 0.6 is 0 Å². The number of aromatic nitrogens is 1. The summed E-state index contributed by atoms with van der Waals surface area (Å²) in [6.45, 7) is 0. The van der Waals surface area contributed by atoms with Crippen LogP contribution in [0.2, 0.25) is 0 Å². The van der Waals surface area contributed by atoms with E-state index >= 15 is 0 Å². The van der Waals surface area contributed by atoms with Crippen LogP contribution in [0.5, 0.6) is 0 Å². The number of benzene rings is 2. The molecule has 1 aromatic heterocycles. The van der Waals surface area contributed by atoms with Gasteiger partial charge in [-0.2, -0.15) is 0 Å². The van der Waals surface area contributed by atoms with Crippen molar-refractivity contribution in [3.05, 3.63) is 78.6 Å². The molecule has 0 amide bonds. The minimum atomic E-state index is 0.672. The third-order valence-corrected chi connectivity index (χ3v) is 3.23. The molecular formula is C18H14N2O. The fourth-order valence-electron chi connectivity index (χ4n) is 2.16. The largest absolute Gasteiger partial charge is 0.354 e. The zero-order valence-corrected chi connectivity index (χ0v) is 11.4. The summed E-state index contributed by atoms with van der Waals surface area (Å²) in [6, 6.07) is 19.4. The van der Waals surface area contributed by atoms with Gasteiger partial charge < -0.3 is 5.32 Å². The Morgan fingerprint density at radius 1 is 0.905 bits per heavy atom. The Balaban J connectivity index is 1.97. The first kappa shape index (κ1) is 13.1. The van der Waals surface area contributed by atoms with Crippen LogP contribution in [-0.2, 0) is 0 Å². The predicted molar refractivity (Wildman–Crippen MR) is 84.8 cm³/mol. The molecule has 2 aromatic carbocycles. The Morgan fingerprint density at radius 3 is 2.38 bits per heavy atom. The Morgan fingerprint density at radius 2 is 1.67 bits per heavy atom. The van der Waals surface area contributed by atoms with E-state index in [0.29, 0.717) is 5.56 Å². The van der Waals surface area contributed by atoms with E-state index in [0.717, 1.165) is 28.8 Å². The number of pyridine rings is 1. The molecule has 3 heteroatoms. The molecule has 0 saturated carbocycles. The van der Waals surface area contributed by atoms with Crippen molar-refractivity contribution in [1.29, 1.82) is 0 Å². The number of nitrogens with one attached hydrogen (secondary N) is 1. The molecule has 0 bridgehead atoms. The summed E-state index contributed by atoms with van der Waals surface area (Å²) >= 11 is 0. The highest BCUT2D eigenvalue weighted by molar-refractivity contribution is 5.82. The monoisotopic (exact) mass is 274 g/mol. The normalized spacial score (nSPS) is 10.1. The molecule has 3 rings (SSSR count). The maximum Gasteiger partial charge on any atom is 0.150 e. The molecule has 0 unspecified atom stereocenters. The van der Waals surface area contributed by atoms with Crippen molar-refractivity contribution in [1.82, 2.24) is 4.98 Å². The first-order chi connectivity index (χ1) is 10.4. The van der Waals surface area contributed by atoms with Crippen molar-refractivity contribution in [2.45, 2.75) is 0 Å². The fourth-order valence-corrected chi connectivity index (χ4v) is 2.16. The van der Waals surface area contributed by atoms with Gasteiger partial charge in [0, 0.05) is 23.0 Å². The molecule has 0 radical (unpaired) electrons. The van der Waals surface area contributed by atoms with E-state index in [2.05, 4.69) is 10.3 Å². The van der Waals surface area contributed by atoms with Gasteiger partial charge in [-0.05, 0) is 23.8 Å². The van der Waals surface area contributed by atoms with Crippen molar-refractivity contribution >= 4 is 17.7 Å². The van der Waals surface area contributed by atoms with Gasteiger partial charge in [-0.15, -0.1) is 0 Å². The van der Waals surface area contributed by atoms with Crippen molar-refractivity contribution in [2.75, 3.05) is 5.32 Å². The maximum atomic E-state index is 10.7. The molecule has 21 heavy (non-hydrogen) atoms. The van der Waals surface area contributed by atoms with Gasteiger partial charge in [0.25, 0.3) is 0 Å². The molecule has 3 aromatic rings. The average Bonchev–Trinajstić information content (AvgIpc) is 2.56. The standard InChI is InChI=1S/C18H14N2O/c21-13-14-6-8-15(9-7-14)17-10-11-19-12-18(17)20-16-4-2-1-3-5-16/h1-13,20H. The van der Waals surface area contributed by atoms with Crippen molar-refractivity contribution in [3.63, 3.8) is 0 Å². The highest BCUT2D eigenvalue weighted by Crippen LogP contribution is 2.29. The molecule has 0 aliphatic heterocycles. The quantitative estimate of drug-likeness (QED) is 0.721. The lowest BCUT2D eigenvalue weighted by molar-refractivity contribution is 0.112. The van der Waals surface area contributed by atoms with Crippen LogP contribution in [0.25, 0.3) is 11.1 Å². The van der Waals surface area contributed by atoms with E-state index in [1.807, 2.05) is 60.7 Å². The number of hydrogen-bond acceptors (Lipinski definition) is 3. The lowest BCUT2D eigenvalue weighted by Gasteiger charge is -2.11. The highest BCUT2D eigenvalue weighted by atomic mass is 16.1. The lowest BCUT2D eigenvalue weighted by Crippen LogP contribution is -1.94. The second-order valence-corrected chi connectivity index (χ2v) is 4.65. The van der Waals surface area contributed by atoms with E-state index < -0.39 is 0 Å². The molecule has 0 saturated heterocycles. The summed E-state index contributed by atoms with van der Waals surface area (Å²) in [7, 11) is 0. The number of para-hydroxylation sites is 1. The minimum absolute atomic E-state index is 0.672. The number of hydrogen-bond donors (Lipinski definition) is 1. The Bertz CT molecular complexity index is 737. The highest BCUT2D eigenvalue weighted by Gasteiger charge is 2.05. The number of nitrogens with zero attached hydrogens (tertiary/aromatic N) is 1. The van der Waals surface area contributed by atoms with E-state index in [1.165, 1.54) is 0 Å². The van der Waals surface area contributed by atoms with Crippen LogP contribution in [0, 0.1) is 0 Å². The Labute approximate surface area is 123 Å². The van der Waals surface area contributed by atoms with Crippen LogP contribution < -0.4 is 5.32 Å². The molecule has 0 atom stereocenters. The number of anilines is 2. The van der Waals surface area contributed by atoms with Crippen LogP contribution in [0.4, 0.5) is 11.4 Å². The molecule has 0 fully saturated rings. The Hall–Kier alpha value is -2.94. The minimum Gasteiger partial charge on any atom is -0.354 e. The summed E-state index contributed by atoms with van der Waals surface area (Å²) in [6.07, 6.45) is 4.41. The summed E-state index contributed by atoms with van der Waals surface area (Å²) in [5.41, 5.74) is 4.71. The molecule has 3 nitrogen and oxygen atoms in total. The van der Waals surface area contributed by atoms with Gasteiger partial charge in [-0.25, -0.2) is 0 Å². The fraction of sp³-hybridized carbons (Fsp3) is 0. The third kappa shape index (κ3) is 2.98. The van der Waals surface area contributed by atoms with Crippen LogP contribution in [0.15, 0.2) is 73.1 Å². The molecule has 0 aliphatic rings. The van der Waals surface area contributed by atoms with Gasteiger partial charge in [0.2, 0.25) is 0 Å². The van der Waals surface area contributed by atoms with Gasteiger partial charge in [0.15, 0.2) is 0 Å². The number of carbonyl (C=O) groups excluding carboxylic acids is 1. The molecule has 0 spiro atoms. The maximum absolute atomic E-state index is 10.7. The summed E-state index contributed by atoms with van der Waals surface area (Å²) in [5, 5.41) is 3.37.